The molecule has 2 aliphatic rings. The Labute approximate surface area is 166 Å². The number of Topliss-reactive ketones (excluding diaryl/α,β-unsaturated/α-hetero) is 1. The van der Waals surface area contributed by atoms with Crippen molar-refractivity contribution in [3.8, 4) is 0 Å². The SMILES string of the molecule is Cc1c(C(=O)OC2CCCCCCC2)[nH]c2c1C(=O)C[C@@H](c1ccccc1)C2. The number of ketones is 1. The molecule has 1 aromatic heterocycles. The summed E-state index contributed by atoms with van der Waals surface area (Å²) in [6.07, 6.45) is 9.10. The molecule has 148 valence electrons. The van der Waals surface area contributed by atoms with Crippen molar-refractivity contribution in [2.45, 2.75) is 76.7 Å². The van der Waals surface area contributed by atoms with Crippen LogP contribution in [0.5, 0.6) is 0 Å². The highest BCUT2D eigenvalue weighted by Gasteiger charge is 2.32. The summed E-state index contributed by atoms with van der Waals surface area (Å²) in [4.78, 5) is 28.9. The molecule has 4 rings (SSSR count). The largest absolute Gasteiger partial charge is 0.458 e. The Bertz CT molecular complexity index is 844. The molecule has 0 radical (unpaired) electrons. The third-order valence-corrected chi connectivity index (χ3v) is 6.29. The molecule has 28 heavy (non-hydrogen) atoms. The molecule has 0 aliphatic heterocycles. The number of ether oxygens (including phenoxy) is 1. The fourth-order valence-electron chi connectivity index (χ4n) is 4.75. The van der Waals surface area contributed by atoms with Crippen molar-refractivity contribution in [2.24, 2.45) is 0 Å². The van der Waals surface area contributed by atoms with Crippen molar-refractivity contribution in [3.63, 3.8) is 0 Å². The van der Waals surface area contributed by atoms with Crippen LogP contribution in [0.3, 0.4) is 0 Å². The Morgan fingerprint density at radius 3 is 2.39 bits per heavy atom. The van der Waals surface area contributed by atoms with E-state index in [1.165, 1.54) is 24.8 Å². The summed E-state index contributed by atoms with van der Waals surface area (Å²) in [5.74, 6) is -0.0240. The smallest absolute Gasteiger partial charge is 0.355 e. The summed E-state index contributed by atoms with van der Waals surface area (Å²) < 4.78 is 5.84. The number of benzene rings is 1. The molecule has 2 aliphatic carbocycles. The standard InChI is InChI=1S/C24H29NO3/c1-16-22-20(14-18(15-21(22)26)17-10-6-5-7-11-17)25-23(16)24(27)28-19-12-8-3-2-4-9-13-19/h5-7,10-11,18-19,25H,2-4,8-9,12-15H2,1H3/t18-/m0/s1. The molecule has 1 saturated carbocycles. The summed E-state index contributed by atoms with van der Waals surface area (Å²) in [7, 11) is 0. The lowest BCUT2D eigenvalue weighted by molar-refractivity contribution is 0.0232. The number of hydrogen-bond acceptors (Lipinski definition) is 3. The van der Waals surface area contributed by atoms with E-state index in [9.17, 15) is 9.59 Å². The van der Waals surface area contributed by atoms with Gasteiger partial charge < -0.3 is 9.72 Å². The summed E-state index contributed by atoms with van der Waals surface area (Å²) in [5, 5.41) is 0. The lowest BCUT2D eigenvalue weighted by atomic mass is 9.81. The maximum atomic E-state index is 12.8. The van der Waals surface area contributed by atoms with Crippen LogP contribution >= 0.6 is 0 Å². The van der Waals surface area contributed by atoms with Crippen LogP contribution in [-0.2, 0) is 11.2 Å². The van der Waals surface area contributed by atoms with Gasteiger partial charge in [-0.2, -0.15) is 0 Å². The van der Waals surface area contributed by atoms with Gasteiger partial charge in [0.05, 0.1) is 0 Å². The molecule has 0 saturated heterocycles. The summed E-state index contributed by atoms with van der Waals surface area (Å²) in [5.41, 5.74) is 3.98. The molecule has 1 fully saturated rings. The number of nitrogens with one attached hydrogen (secondary N) is 1. The molecular weight excluding hydrogens is 350 g/mol. The zero-order valence-electron chi connectivity index (χ0n) is 16.6. The van der Waals surface area contributed by atoms with Crippen LogP contribution in [0.2, 0.25) is 0 Å². The first-order valence-electron chi connectivity index (χ1n) is 10.6. The minimum absolute atomic E-state index is 0.000275. The van der Waals surface area contributed by atoms with Gasteiger partial charge in [0.25, 0.3) is 0 Å². The second-order valence-corrected chi connectivity index (χ2v) is 8.29. The minimum Gasteiger partial charge on any atom is -0.458 e. The van der Waals surface area contributed by atoms with Gasteiger partial charge in [0.2, 0.25) is 0 Å². The summed E-state index contributed by atoms with van der Waals surface area (Å²) in [6.45, 7) is 1.87. The van der Waals surface area contributed by atoms with Crippen LogP contribution in [0.4, 0.5) is 0 Å². The third-order valence-electron chi connectivity index (χ3n) is 6.29. The summed E-state index contributed by atoms with van der Waals surface area (Å²) in [6, 6.07) is 10.1. The highest BCUT2D eigenvalue weighted by Crippen LogP contribution is 2.35. The van der Waals surface area contributed by atoms with Gasteiger partial charge in [-0.3, -0.25) is 4.79 Å². The fraction of sp³-hybridized carbons (Fsp3) is 0.500. The maximum Gasteiger partial charge on any atom is 0.355 e. The topological polar surface area (TPSA) is 59.2 Å². The Balaban J connectivity index is 1.52. The van der Waals surface area contributed by atoms with E-state index in [1.54, 1.807) is 0 Å². The number of fused-ring (bicyclic) bond motifs is 1. The first-order valence-corrected chi connectivity index (χ1v) is 10.6. The van der Waals surface area contributed by atoms with Crippen molar-refractivity contribution in [3.05, 3.63) is 58.4 Å². The van der Waals surface area contributed by atoms with E-state index in [2.05, 4.69) is 17.1 Å². The van der Waals surface area contributed by atoms with Gasteiger partial charge in [-0.1, -0.05) is 49.6 Å². The van der Waals surface area contributed by atoms with E-state index < -0.39 is 0 Å². The first kappa shape index (κ1) is 19.0. The number of hydrogen-bond donors (Lipinski definition) is 1. The molecule has 2 aromatic rings. The van der Waals surface area contributed by atoms with E-state index in [4.69, 9.17) is 4.74 Å². The molecule has 1 N–H and O–H groups in total. The van der Waals surface area contributed by atoms with E-state index in [-0.39, 0.29) is 23.8 Å². The van der Waals surface area contributed by atoms with Crippen molar-refractivity contribution in [1.29, 1.82) is 0 Å². The molecule has 0 amide bonds. The van der Waals surface area contributed by atoms with Gasteiger partial charge in [-0.15, -0.1) is 0 Å². The highest BCUT2D eigenvalue weighted by atomic mass is 16.5. The Kier molecular flexibility index (Phi) is 5.65. The number of rotatable bonds is 3. The van der Waals surface area contributed by atoms with Crippen molar-refractivity contribution < 1.29 is 14.3 Å². The number of carbonyl (C=O) groups is 2. The fourth-order valence-corrected chi connectivity index (χ4v) is 4.75. The van der Waals surface area contributed by atoms with Crippen LogP contribution in [0.25, 0.3) is 0 Å². The van der Waals surface area contributed by atoms with Crippen molar-refractivity contribution >= 4 is 11.8 Å². The van der Waals surface area contributed by atoms with Gasteiger partial charge in [-0.25, -0.2) is 4.79 Å². The van der Waals surface area contributed by atoms with E-state index >= 15 is 0 Å². The summed E-state index contributed by atoms with van der Waals surface area (Å²) >= 11 is 0. The van der Waals surface area contributed by atoms with Crippen LogP contribution in [0, 0.1) is 6.92 Å². The third kappa shape index (κ3) is 3.91. The monoisotopic (exact) mass is 379 g/mol. The Hall–Kier alpha value is -2.36. The van der Waals surface area contributed by atoms with Crippen LogP contribution in [-0.4, -0.2) is 22.8 Å². The molecule has 0 spiro atoms. The molecule has 4 heteroatoms. The second kappa shape index (κ2) is 8.34. The molecule has 1 aromatic carbocycles. The van der Waals surface area contributed by atoms with Gasteiger partial charge >= 0.3 is 5.97 Å². The predicted molar refractivity (Wildman–Crippen MR) is 109 cm³/mol. The van der Waals surface area contributed by atoms with E-state index in [1.807, 2.05) is 25.1 Å². The van der Waals surface area contributed by atoms with Crippen molar-refractivity contribution in [2.75, 3.05) is 0 Å². The molecule has 0 unspecified atom stereocenters. The zero-order valence-corrected chi connectivity index (χ0v) is 16.6. The zero-order chi connectivity index (χ0) is 19.5. The number of aromatic amines is 1. The number of H-pyrrole nitrogens is 1. The average Bonchev–Trinajstić information content (AvgIpc) is 3.01. The Morgan fingerprint density at radius 2 is 1.68 bits per heavy atom. The highest BCUT2D eigenvalue weighted by molar-refractivity contribution is 6.03. The van der Waals surface area contributed by atoms with Gasteiger partial charge in [-0.05, 0) is 56.1 Å². The quantitative estimate of drug-likeness (QED) is 0.716. The normalized spacial score (nSPS) is 20.9. The van der Waals surface area contributed by atoms with Gasteiger partial charge in [0.1, 0.15) is 11.8 Å². The lowest BCUT2D eigenvalue weighted by Crippen LogP contribution is -2.20. The molecular formula is C24H29NO3. The molecule has 0 bridgehead atoms. The van der Waals surface area contributed by atoms with Gasteiger partial charge in [0, 0.05) is 17.7 Å². The van der Waals surface area contributed by atoms with E-state index in [0.29, 0.717) is 17.7 Å². The number of carbonyl (C=O) groups excluding carboxylic acids is 2. The van der Waals surface area contributed by atoms with Crippen LogP contribution in [0.15, 0.2) is 30.3 Å². The second-order valence-electron chi connectivity index (χ2n) is 8.29. The van der Waals surface area contributed by atoms with Crippen molar-refractivity contribution in [1.82, 2.24) is 4.98 Å². The average molecular weight is 380 g/mol. The molecule has 4 nitrogen and oxygen atoms in total. The minimum atomic E-state index is -0.304. The molecule has 1 atom stereocenters. The molecule has 1 heterocycles. The van der Waals surface area contributed by atoms with E-state index in [0.717, 1.165) is 43.4 Å². The predicted octanol–water partition coefficient (Wildman–Crippen LogP) is 5.51. The number of aromatic nitrogens is 1. The lowest BCUT2D eigenvalue weighted by Gasteiger charge is -2.22. The van der Waals surface area contributed by atoms with Crippen LogP contribution in [0.1, 0.15) is 95.0 Å². The maximum absolute atomic E-state index is 12.8. The Morgan fingerprint density at radius 1 is 1.00 bits per heavy atom. The number of esters is 1. The van der Waals surface area contributed by atoms with Crippen LogP contribution < -0.4 is 0 Å². The van der Waals surface area contributed by atoms with Gasteiger partial charge in [0.15, 0.2) is 5.78 Å². The first-order chi connectivity index (χ1) is 13.6.